The summed E-state index contributed by atoms with van der Waals surface area (Å²) in [5, 5.41) is 15.5. The number of anilines is 2. The van der Waals surface area contributed by atoms with Crippen LogP contribution in [0.3, 0.4) is 0 Å². The Bertz CT molecular complexity index is 1370. The highest BCUT2D eigenvalue weighted by atomic mass is 35.5. The van der Waals surface area contributed by atoms with Crippen LogP contribution in [-0.4, -0.2) is 30.3 Å². The summed E-state index contributed by atoms with van der Waals surface area (Å²) in [6.45, 7) is 3.38. The zero-order valence-electron chi connectivity index (χ0n) is 19.9. The fourth-order valence-corrected chi connectivity index (χ4v) is 4.75. The van der Waals surface area contributed by atoms with E-state index in [1.165, 1.54) is 28.5 Å². The molecule has 0 saturated carbocycles. The van der Waals surface area contributed by atoms with Crippen molar-refractivity contribution in [2.24, 2.45) is 0 Å². The average molecular weight is 507 g/mol. The predicted octanol–water partition coefficient (Wildman–Crippen LogP) is 6.74. The number of aromatic carboxylic acids is 1. The summed E-state index contributed by atoms with van der Waals surface area (Å²) < 4.78 is 20.5. The summed E-state index contributed by atoms with van der Waals surface area (Å²) in [5.41, 5.74) is 2.47. The van der Waals surface area contributed by atoms with Crippen molar-refractivity contribution in [3.05, 3.63) is 102 Å². The van der Waals surface area contributed by atoms with E-state index in [2.05, 4.69) is 48.6 Å². The lowest BCUT2D eigenvalue weighted by molar-refractivity contribution is 0.0696. The van der Waals surface area contributed by atoms with Crippen LogP contribution in [0.25, 0.3) is 10.8 Å². The molecule has 1 aliphatic heterocycles. The first kappa shape index (κ1) is 25.5. The summed E-state index contributed by atoms with van der Waals surface area (Å²) >= 11 is 0. The van der Waals surface area contributed by atoms with Crippen LogP contribution in [0.4, 0.5) is 15.8 Å². The molecule has 2 N–H and O–H groups in total. The van der Waals surface area contributed by atoms with E-state index in [1.54, 1.807) is 0 Å². The second kappa shape index (κ2) is 11.0. The van der Waals surface area contributed by atoms with Crippen molar-refractivity contribution in [2.75, 3.05) is 18.0 Å². The Morgan fingerprint density at radius 1 is 1.08 bits per heavy atom. The standard InChI is InChI=1S/C29H27FN2O3.ClH/c1-19(25-10-6-8-20-7-2-3-9-26(20)25)31-14-13-24-18-32(27-11-4-5-12-28(27)35-24)23-16-21(29(33)34)15-22(30)17-23;/h2-12,15-17,19,24,31H,13-14,18H2,1H3,(H,33,34);1H/t19-,24?;/m1./s1. The Balaban J connectivity index is 0.00000304. The molecule has 0 bridgehead atoms. The molecule has 0 fully saturated rings. The highest BCUT2D eigenvalue weighted by Gasteiger charge is 2.27. The van der Waals surface area contributed by atoms with E-state index in [4.69, 9.17) is 4.74 Å². The van der Waals surface area contributed by atoms with Crippen LogP contribution in [0.1, 0.15) is 35.3 Å². The first-order chi connectivity index (χ1) is 17.0. The minimum Gasteiger partial charge on any atom is -0.486 e. The quantitative estimate of drug-likeness (QED) is 0.290. The second-order valence-electron chi connectivity index (χ2n) is 8.85. The van der Waals surface area contributed by atoms with Crippen LogP contribution in [0.5, 0.6) is 5.75 Å². The van der Waals surface area contributed by atoms with Gasteiger partial charge in [-0.2, -0.15) is 0 Å². The van der Waals surface area contributed by atoms with Crippen LogP contribution >= 0.6 is 12.4 Å². The SMILES string of the molecule is C[C@@H](NCCC1CN(c2cc(F)cc(C(=O)O)c2)c2ccccc2O1)c1cccc2ccccc12.Cl. The van der Waals surface area contributed by atoms with Gasteiger partial charge in [0.15, 0.2) is 0 Å². The van der Waals surface area contributed by atoms with Crippen LogP contribution in [-0.2, 0) is 0 Å². The van der Waals surface area contributed by atoms with E-state index in [0.29, 0.717) is 18.0 Å². The summed E-state index contributed by atoms with van der Waals surface area (Å²) in [6, 6.07) is 26.4. The number of fused-ring (bicyclic) bond motifs is 2. The van der Waals surface area contributed by atoms with E-state index in [9.17, 15) is 14.3 Å². The molecule has 2 atom stereocenters. The second-order valence-corrected chi connectivity index (χ2v) is 8.85. The fraction of sp³-hybridized carbons (Fsp3) is 0.207. The number of halogens is 2. The third-order valence-electron chi connectivity index (χ3n) is 6.48. The van der Waals surface area contributed by atoms with Gasteiger partial charge in [0, 0.05) is 11.7 Å². The van der Waals surface area contributed by atoms with Gasteiger partial charge in [0.2, 0.25) is 0 Å². The van der Waals surface area contributed by atoms with Gasteiger partial charge in [-0.25, -0.2) is 9.18 Å². The van der Waals surface area contributed by atoms with Crippen molar-refractivity contribution in [1.82, 2.24) is 5.32 Å². The Morgan fingerprint density at radius 3 is 2.67 bits per heavy atom. The molecular weight excluding hydrogens is 479 g/mol. The number of ether oxygens (including phenoxy) is 1. The van der Waals surface area contributed by atoms with E-state index < -0.39 is 11.8 Å². The van der Waals surface area contributed by atoms with Crippen molar-refractivity contribution >= 4 is 40.5 Å². The summed E-state index contributed by atoms with van der Waals surface area (Å²) in [5.74, 6) is -1.03. The highest BCUT2D eigenvalue weighted by molar-refractivity contribution is 5.89. The molecule has 0 radical (unpaired) electrons. The molecule has 0 amide bonds. The van der Waals surface area contributed by atoms with Gasteiger partial charge in [0.1, 0.15) is 17.7 Å². The highest BCUT2D eigenvalue weighted by Crippen LogP contribution is 2.39. The third-order valence-corrected chi connectivity index (χ3v) is 6.48. The largest absolute Gasteiger partial charge is 0.486 e. The van der Waals surface area contributed by atoms with Crippen molar-refractivity contribution in [3.8, 4) is 5.75 Å². The number of benzene rings is 4. The topological polar surface area (TPSA) is 61.8 Å². The molecule has 4 aromatic rings. The summed E-state index contributed by atoms with van der Waals surface area (Å²) in [6.07, 6.45) is 0.592. The molecule has 1 aliphatic rings. The number of hydrogen-bond acceptors (Lipinski definition) is 4. The molecule has 5 nitrogen and oxygen atoms in total. The summed E-state index contributed by atoms with van der Waals surface area (Å²) in [7, 11) is 0. The minimum atomic E-state index is -1.16. The van der Waals surface area contributed by atoms with Crippen molar-refractivity contribution in [2.45, 2.75) is 25.5 Å². The molecule has 5 rings (SSSR count). The van der Waals surface area contributed by atoms with Crippen LogP contribution in [0.2, 0.25) is 0 Å². The van der Waals surface area contributed by atoms with Gasteiger partial charge in [-0.05, 0) is 66.6 Å². The van der Waals surface area contributed by atoms with E-state index in [1.807, 2.05) is 35.2 Å². The molecule has 0 saturated heterocycles. The minimum absolute atomic E-state index is 0. The Morgan fingerprint density at radius 2 is 1.83 bits per heavy atom. The van der Waals surface area contributed by atoms with Gasteiger partial charge in [0.25, 0.3) is 0 Å². The number of carbonyl (C=O) groups is 1. The molecule has 186 valence electrons. The molecule has 7 heteroatoms. The van der Waals surface area contributed by atoms with E-state index in [0.717, 1.165) is 24.7 Å². The zero-order chi connectivity index (χ0) is 24.4. The van der Waals surface area contributed by atoms with Crippen LogP contribution in [0, 0.1) is 5.82 Å². The van der Waals surface area contributed by atoms with E-state index >= 15 is 0 Å². The molecular formula is C29H28ClFN2O3. The molecule has 36 heavy (non-hydrogen) atoms. The normalized spacial score (nSPS) is 15.5. The van der Waals surface area contributed by atoms with E-state index in [-0.39, 0.29) is 30.1 Å². The lowest BCUT2D eigenvalue weighted by Crippen LogP contribution is -2.39. The predicted molar refractivity (Wildman–Crippen MR) is 143 cm³/mol. The lowest BCUT2D eigenvalue weighted by Gasteiger charge is -2.36. The Kier molecular flexibility index (Phi) is 7.77. The first-order valence-electron chi connectivity index (χ1n) is 11.8. The number of nitrogens with zero attached hydrogens (tertiary/aromatic N) is 1. The van der Waals surface area contributed by atoms with Crippen molar-refractivity contribution in [3.63, 3.8) is 0 Å². The molecule has 1 unspecified atom stereocenters. The molecule has 4 aromatic carbocycles. The average Bonchev–Trinajstić information content (AvgIpc) is 2.87. The first-order valence-corrected chi connectivity index (χ1v) is 11.8. The lowest BCUT2D eigenvalue weighted by atomic mass is 9.99. The number of rotatable bonds is 7. The zero-order valence-corrected chi connectivity index (χ0v) is 20.7. The number of carboxylic acid groups (broad SMARTS) is 1. The van der Waals surface area contributed by atoms with Gasteiger partial charge >= 0.3 is 5.97 Å². The maximum absolute atomic E-state index is 14.2. The van der Waals surface area contributed by atoms with Crippen LogP contribution in [0.15, 0.2) is 84.9 Å². The molecule has 0 aromatic heterocycles. The van der Waals surface area contributed by atoms with Crippen molar-refractivity contribution in [1.29, 1.82) is 0 Å². The number of para-hydroxylation sites is 2. The molecule has 0 spiro atoms. The molecule has 1 heterocycles. The van der Waals surface area contributed by atoms with Gasteiger partial charge in [0.05, 0.1) is 17.8 Å². The summed E-state index contributed by atoms with van der Waals surface area (Å²) in [4.78, 5) is 13.4. The van der Waals surface area contributed by atoms with Gasteiger partial charge < -0.3 is 20.1 Å². The number of hydrogen-bond donors (Lipinski definition) is 2. The Hall–Kier alpha value is -3.61. The van der Waals surface area contributed by atoms with Crippen molar-refractivity contribution < 1.29 is 19.0 Å². The third kappa shape index (κ3) is 5.30. The number of nitrogens with one attached hydrogen (secondary N) is 1. The monoisotopic (exact) mass is 506 g/mol. The number of carboxylic acids is 1. The van der Waals surface area contributed by atoms with Gasteiger partial charge in [-0.15, -0.1) is 12.4 Å². The maximum atomic E-state index is 14.2. The van der Waals surface area contributed by atoms with Gasteiger partial charge in [-0.1, -0.05) is 54.6 Å². The molecule has 0 aliphatic carbocycles. The van der Waals surface area contributed by atoms with Crippen LogP contribution < -0.4 is 15.0 Å². The van der Waals surface area contributed by atoms with Gasteiger partial charge in [-0.3, -0.25) is 0 Å². The fourth-order valence-electron chi connectivity index (χ4n) is 4.75. The maximum Gasteiger partial charge on any atom is 0.335 e. The Labute approximate surface area is 215 Å². The smallest absolute Gasteiger partial charge is 0.335 e.